The third kappa shape index (κ3) is 2.94. The molecule has 5 heteroatoms. The van der Waals surface area contributed by atoms with E-state index >= 15 is 0 Å². The van der Waals surface area contributed by atoms with Crippen molar-refractivity contribution >= 4 is 27.7 Å². The first-order chi connectivity index (χ1) is 8.76. The molecule has 4 nitrogen and oxygen atoms in total. The molecule has 0 spiro atoms. The Morgan fingerprint density at radius 3 is 2.56 bits per heavy atom. The van der Waals surface area contributed by atoms with E-state index in [0.29, 0.717) is 0 Å². The Bertz CT molecular complexity index is 402. The molecule has 1 aromatic rings. The van der Waals surface area contributed by atoms with Crippen molar-refractivity contribution in [2.24, 2.45) is 0 Å². The van der Waals surface area contributed by atoms with E-state index in [1.54, 1.807) is 0 Å². The molecular weight excluding hydrogens is 292 g/mol. The quantitative estimate of drug-likeness (QED) is 0.906. The summed E-state index contributed by atoms with van der Waals surface area (Å²) in [5.41, 5.74) is 1.09. The highest BCUT2D eigenvalue weighted by Crippen LogP contribution is 2.27. The van der Waals surface area contributed by atoms with Gasteiger partial charge in [0.2, 0.25) is 5.95 Å². The van der Waals surface area contributed by atoms with Crippen molar-refractivity contribution in [3.8, 4) is 0 Å². The molecule has 1 fully saturated rings. The molecule has 0 bridgehead atoms. The normalized spacial score (nSPS) is 15.2. The average Bonchev–Trinajstić information content (AvgIpc) is 2.91. The molecule has 1 aromatic heterocycles. The molecule has 2 heterocycles. The van der Waals surface area contributed by atoms with E-state index in [-0.39, 0.29) is 0 Å². The second-order valence-electron chi connectivity index (χ2n) is 4.61. The van der Waals surface area contributed by atoms with Gasteiger partial charge in [-0.05, 0) is 41.6 Å². The van der Waals surface area contributed by atoms with Crippen LogP contribution in [0.3, 0.4) is 0 Å². The molecule has 1 N–H and O–H groups in total. The van der Waals surface area contributed by atoms with Crippen molar-refractivity contribution in [3.05, 3.63) is 10.2 Å². The summed E-state index contributed by atoms with van der Waals surface area (Å²) in [6.45, 7) is 7.39. The van der Waals surface area contributed by atoms with Crippen molar-refractivity contribution in [1.82, 2.24) is 9.97 Å². The van der Waals surface area contributed by atoms with Crippen LogP contribution in [0.1, 0.15) is 38.8 Å². The van der Waals surface area contributed by atoms with Gasteiger partial charge < -0.3 is 10.2 Å². The van der Waals surface area contributed by atoms with E-state index in [9.17, 15) is 0 Å². The summed E-state index contributed by atoms with van der Waals surface area (Å²) in [5, 5.41) is 3.38. The van der Waals surface area contributed by atoms with Crippen LogP contribution in [0.2, 0.25) is 0 Å². The molecule has 1 saturated heterocycles. The minimum absolute atomic E-state index is 0.881. The number of nitrogens with one attached hydrogen (secondary N) is 1. The molecule has 0 radical (unpaired) electrons. The van der Waals surface area contributed by atoms with Crippen LogP contribution in [0.25, 0.3) is 0 Å². The van der Waals surface area contributed by atoms with Crippen molar-refractivity contribution in [2.75, 3.05) is 29.9 Å². The summed E-state index contributed by atoms with van der Waals surface area (Å²) in [6.07, 6.45) is 4.51. The Labute approximate surface area is 117 Å². The molecule has 1 aliphatic heterocycles. The number of hydrogen-bond donors (Lipinski definition) is 1. The SMILES string of the molecule is CCCNc1nc(N2CCCC2)nc(CC)c1Br. The number of nitrogens with zero attached hydrogens (tertiary/aromatic N) is 3. The average molecular weight is 313 g/mol. The van der Waals surface area contributed by atoms with E-state index in [0.717, 1.165) is 54.4 Å². The standard InChI is InChI=1S/C13H21BrN4/c1-3-7-15-12-11(14)10(4-2)16-13(17-12)18-8-5-6-9-18/h3-9H2,1-2H3,(H,15,16,17). The van der Waals surface area contributed by atoms with Crippen LogP contribution in [0, 0.1) is 0 Å². The lowest BCUT2D eigenvalue weighted by Crippen LogP contribution is -2.22. The number of aromatic nitrogens is 2. The van der Waals surface area contributed by atoms with Crippen LogP contribution in [-0.4, -0.2) is 29.6 Å². The minimum Gasteiger partial charge on any atom is -0.369 e. The van der Waals surface area contributed by atoms with Crippen LogP contribution in [0.15, 0.2) is 4.47 Å². The maximum atomic E-state index is 4.67. The van der Waals surface area contributed by atoms with Crippen LogP contribution in [0.5, 0.6) is 0 Å². The Hall–Kier alpha value is -0.840. The summed E-state index contributed by atoms with van der Waals surface area (Å²) in [5.74, 6) is 1.82. The third-order valence-corrected chi connectivity index (χ3v) is 4.01. The Balaban J connectivity index is 2.29. The summed E-state index contributed by atoms with van der Waals surface area (Å²) in [4.78, 5) is 11.6. The topological polar surface area (TPSA) is 41.1 Å². The van der Waals surface area contributed by atoms with Crippen LogP contribution in [-0.2, 0) is 6.42 Å². The predicted molar refractivity (Wildman–Crippen MR) is 79.3 cm³/mol. The maximum Gasteiger partial charge on any atom is 0.227 e. The van der Waals surface area contributed by atoms with Gasteiger partial charge in [-0.3, -0.25) is 0 Å². The van der Waals surface area contributed by atoms with E-state index in [1.807, 2.05) is 0 Å². The third-order valence-electron chi connectivity index (χ3n) is 3.17. The number of anilines is 2. The van der Waals surface area contributed by atoms with Gasteiger partial charge in [-0.15, -0.1) is 0 Å². The smallest absolute Gasteiger partial charge is 0.227 e. The lowest BCUT2D eigenvalue weighted by Gasteiger charge is -2.18. The molecule has 0 atom stereocenters. The van der Waals surface area contributed by atoms with Crippen LogP contribution >= 0.6 is 15.9 Å². The highest BCUT2D eigenvalue weighted by Gasteiger charge is 2.18. The van der Waals surface area contributed by atoms with Gasteiger partial charge in [0.25, 0.3) is 0 Å². The van der Waals surface area contributed by atoms with Gasteiger partial charge in [0.1, 0.15) is 5.82 Å². The van der Waals surface area contributed by atoms with Crippen LogP contribution in [0.4, 0.5) is 11.8 Å². The molecule has 0 amide bonds. The first-order valence-corrected chi connectivity index (χ1v) is 7.60. The maximum absolute atomic E-state index is 4.67. The van der Waals surface area contributed by atoms with Gasteiger partial charge in [-0.25, -0.2) is 4.98 Å². The zero-order chi connectivity index (χ0) is 13.0. The largest absolute Gasteiger partial charge is 0.369 e. The van der Waals surface area contributed by atoms with E-state index in [1.165, 1.54) is 12.8 Å². The zero-order valence-corrected chi connectivity index (χ0v) is 12.8. The number of aryl methyl sites for hydroxylation is 1. The highest BCUT2D eigenvalue weighted by molar-refractivity contribution is 9.10. The summed E-state index contributed by atoms with van der Waals surface area (Å²) in [6, 6.07) is 0. The summed E-state index contributed by atoms with van der Waals surface area (Å²) >= 11 is 3.61. The van der Waals surface area contributed by atoms with Gasteiger partial charge >= 0.3 is 0 Å². The van der Waals surface area contributed by atoms with Crippen LogP contribution < -0.4 is 10.2 Å². The first-order valence-electron chi connectivity index (χ1n) is 6.81. The van der Waals surface area contributed by atoms with Crippen molar-refractivity contribution in [3.63, 3.8) is 0 Å². The Morgan fingerprint density at radius 1 is 1.22 bits per heavy atom. The molecule has 100 valence electrons. The first kappa shape index (κ1) is 13.6. The van der Waals surface area contributed by atoms with Crippen molar-refractivity contribution in [2.45, 2.75) is 39.5 Å². The fraction of sp³-hybridized carbons (Fsp3) is 0.692. The second-order valence-corrected chi connectivity index (χ2v) is 5.40. The molecule has 0 unspecified atom stereocenters. The summed E-state index contributed by atoms with van der Waals surface area (Å²) in [7, 11) is 0. The molecular formula is C13H21BrN4. The molecule has 1 aliphatic rings. The number of hydrogen-bond acceptors (Lipinski definition) is 4. The number of rotatable bonds is 5. The van der Waals surface area contributed by atoms with E-state index in [2.05, 4.69) is 50.0 Å². The van der Waals surface area contributed by atoms with E-state index in [4.69, 9.17) is 0 Å². The zero-order valence-electron chi connectivity index (χ0n) is 11.2. The van der Waals surface area contributed by atoms with Crippen molar-refractivity contribution < 1.29 is 0 Å². The molecule has 18 heavy (non-hydrogen) atoms. The lowest BCUT2D eigenvalue weighted by molar-refractivity contribution is 0.864. The molecule has 2 rings (SSSR count). The predicted octanol–water partition coefficient (Wildman–Crippen LogP) is 3.22. The fourth-order valence-corrected chi connectivity index (χ4v) is 2.73. The molecule has 0 aliphatic carbocycles. The summed E-state index contributed by atoms with van der Waals surface area (Å²) < 4.78 is 1.02. The lowest BCUT2D eigenvalue weighted by atomic mass is 10.3. The molecule has 0 aromatic carbocycles. The Morgan fingerprint density at radius 2 is 1.94 bits per heavy atom. The Kier molecular flexibility index (Phi) is 4.80. The number of halogens is 1. The van der Waals surface area contributed by atoms with Gasteiger partial charge in [0, 0.05) is 19.6 Å². The van der Waals surface area contributed by atoms with Gasteiger partial charge in [0.15, 0.2) is 0 Å². The van der Waals surface area contributed by atoms with Crippen molar-refractivity contribution in [1.29, 1.82) is 0 Å². The van der Waals surface area contributed by atoms with E-state index < -0.39 is 0 Å². The highest BCUT2D eigenvalue weighted by atomic mass is 79.9. The minimum atomic E-state index is 0.881. The van der Waals surface area contributed by atoms with Gasteiger partial charge in [0.05, 0.1) is 10.2 Å². The van der Waals surface area contributed by atoms with Gasteiger partial charge in [-0.1, -0.05) is 13.8 Å². The monoisotopic (exact) mass is 312 g/mol. The van der Waals surface area contributed by atoms with Gasteiger partial charge in [-0.2, -0.15) is 4.98 Å². The second kappa shape index (κ2) is 6.36. The molecule has 0 saturated carbocycles. The fourth-order valence-electron chi connectivity index (χ4n) is 2.13.